The molecule has 22 heavy (non-hydrogen) atoms. The second-order valence-corrected chi connectivity index (χ2v) is 4.75. The van der Waals surface area contributed by atoms with Crippen LogP contribution in [0.15, 0.2) is 48.0 Å². The van der Waals surface area contributed by atoms with E-state index >= 15 is 0 Å². The number of rotatable bonds is 5. The van der Waals surface area contributed by atoms with Gasteiger partial charge in [-0.1, -0.05) is 18.2 Å². The Labute approximate surface area is 126 Å². The van der Waals surface area contributed by atoms with Gasteiger partial charge >= 0.3 is 6.18 Å². The number of alkyl halides is 3. The maximum absolute atomic E-state index is 12.6. The minimum Gasteiger partial charge on any atom is -0.260 e. The van der Waals surface area contributed by atoms with E-state index in [2.05, 4.69) is 20.5 Å². The third-order valence-corrected chi connectivity index (χ3v) is 2.95. The first-order valence-corrected chi connectivity index (χ1v) is 6.66. The van der Waals surface area contributed by atoms with Crippen molar-refractivity contribution in [1.29, 1.82) is 0 Å². The van der Waals surface area contributed by atoms with Crippen LogP contribution in [0.2, 0.25) is 0 Å². The van der Waals surface area contributed by atoms with E-state index in [9.17, 15) is 13.2 Å². The molecule has 0 fully saturated rings. The number of hydrogen-bond acceptors (Lipinski definition) is 4. The van der Waals surface area contributed by atoms with Gasteiger partial charge in [0.25, 0.3) is 0 Å². The molecule has 0 spiro atoms. The summed E-state index contributed by atoms with van der Waals surface area (Å²) in [6.07, 6.45) is 1.34. The molecule has 0 atom stereocenters. The number of halogens is 3. The van der Waals surface area contributed by atoms with Crippen molar-refractivity contribution in [2.24, 2.45) is 5.10 Å². The quantitative estimate of drug-likeness (QED) is 0.673. The zero-order valence-corrected chi connectivity index (χ0v) is 11.9. The molecule has 7 heteroatoms. The predicted octanol–water partition coefficient (Wildman–Crippen LogP) is 3.92. The van der Waals surface area contributed by atoms with Gasteiger partial charge in [-0.15, -0.1) is 0 Å². The van der Waals surface area contributed by atoms with Crippen molar-refractivity contribution in [3.05, 3.63) is 54.0 Å². The van der Waals surface area contributed by atoms with Crippen LogP contribution < -0.4 is 5.43 Å². The SMILES string of the molecule is CC(CCc1cccc(C(F)(F)F)c1)=NNc1cnccn1. The highest BCUT2D eigenvalue weighted by atomic mass is 19.4. The summed E-state index contributed by atoms with van der Waals surface area (Å²) in [6.45, 7) is 1.80. The van der Waals surface area contributed by atoms with Crippen molar-refractivity contribution in [2.45, 2.75) is 25.9 Å². The molecule has 2 aromatic rings. The van der Waals surface area contributed by atoms with E-state index < -0.39 is 11.7 Å². The number of hydrazone groups is 1. The van der Waals surface area contributed by atoms with Gasteiger partial charge in [0.1, 0.15) is 0 Å². The molecule has 0 radical (unpaired) electrons. The Kier molecular flexibility index (Phi) is 5.08. The van der Waals surface area contributed by atoms with Crippen LogP contribution in [-0.4, -0.2) is 15.7 Å². The molecule has 0 saturated heterocycles. The number of benzene rings is 1. The predicted molar refractivity (Wildman–Crippen MR) is 78.5 cm³/mol. The molecule has 0 aliphatic rings. The zero-order valence-electron chi connectivity index (χ0n) is 11.9. The third kappa shape index (κ3) is 4.83. The fraction of sp³-hybridized carbons (Fsp3) is 0.267. The second kappa shape index (κ2) is 7.02. The van der Waals surface area contributed by atoms with Crippen LogP contribution in [0.3, 0.4) is 0 Å². The van der Waals surface area contributed by atoms with Crippen LogP contribution in [0.4, 0.5) is 19.0 Å². The molecule has 1 aromatic heterocycles. The van der Waals surface area contributed by atoms with Crippen LogP contribution in [-0.2, 0) is 12.6 Å². The molecule has 0 unspecified atom stereocenters. The summed E-state index contributed by atoms with van der Waals surface area (Å²) in [5, 5.41) is 4.12. The largest absolute Gasteiger partial charge is 0.416 e. The molecule has 116 valence electrons. The van der Waals surface area contributed by atoms with Gasteiger partial charge in [0.2, 0.25) is 0 Å². The lowest BCUT2D eigenvalue weighted by Crippen LogP contribution is -2.06. The highest BCUT2D eigenvalue weighted by molar-refractivity contribution is 5.82. The topological polar surface area (TPSA) is 50.2 Å². The highest BCUT2D eigenvalue weighted by Crippen LogP contribution is 2.29. The Hall–Kier alpha value is -2.44. The minimum atomic E-state index is -4.31. The molecule has 0 saturated carbocycles. The van der Waals surface area contributed by atoms with Crippen molar-refractivity contribution in [3.63, 3.8) is 0 Å². The summed E-state index contributed by atoms with van der Waals surface area (Å²) in [5.41, 5.74) is 3.52. The molecule has 1 heterocycles. The van der Waals surface area contributed by atoms with Crippen molar-refractivity contribution in [3.8, 4) is 0 Å². The molecule has 2 rings (SSSR count). The summed E-state index contributed by atoms with van der Waals surface area (Å²) in [7, 11) is 0. The molecule has 0 bridgehead atoms. The van der Waals surface area contributed by atoms with Crippen molar-refractivity contribution in [1.82, 2.24) is 9.97 Å². The highest BCUT2D eigenvalue weighted by Gasteiger charge is 2.30. The Morgan fingerprint density at radius 2 is 2.09 bits per heavy atom. The van der Waals surface area contributed by atoms with Gasteiger partial charge in [-0.3, -0.25) is 10.4 Å². The van der Waals surface area contributed by atoms with Gasteiger partial charge in [0.15, 0.2) is 5.82 Å². The summed E-state index contributed by atoms with van der Waals surface area (Å²) in [5.74, 6) is 0.515. The summed E-state index contributed by atoms with van der Waals surface area (Å²) < 4.78 is 37.9. The molecule has 0 aliphatic heterocycles. The fourth-order valence-corrected chi connectivity index (χ4v) is 1.79. The van der Waals surface area contributed by atoms with Gasteiger partial charge in [-0.2, -0.15) is 18.3 Å². The fourth-order valence-electron chi connectivity index (χ4n) is 1.79. The Morgan fingerprint density at radius 1 is 1.27 bits per heavy atom. The first-order valence-electron chi connectivity index (χ1n) is 6.66. The average Bonchev–Trinajstić information content (AvgIpc) is 2.51. The number of anilines is 1. The minimum absolute atomic E-state index is 0.488. The lowest BCUT2D eigenvalue weighted by molar-refractivity contribution is -0.137. The summed E-state index contributed by atoms with van der Waals surface area (Å²) in [4.78, 5) is 7.89. The van der Waals surface area contributed by atoms with E-state index in [1.54, 1.807) is 19.2 Å². The summed E-state index contributed by atoms with van der Waals surface area (Å²) >= 11 is 0. The van der Waals surface area contributed by atoms with Crippen LogP contribution >= 0.6 is 0 Å². The van der Waals surface area contributed by atoms with Gasteiger partial charge < -0.3 is 0 Å². The van der Waals surface area contributed by atoms with E-state index in [-0.39, 0.29) is 0 Å². The van der Waals surface area contributed by atoms with Crippen molar-refractivity contribution >= 4 is 11.5 Å². The monoisotopic (exact) mass is 308 g/mol. The van der Waals surface area contributed by atoms with Crippen LogP contribution in [0.1, 0.15) is 24.5 Å². The molecule has 1 N–H and O–H groups in total. The first kappa shape index (κ1) is 15.9. The van der Waals surface area contributed by atoms with E-state index in [1.807, 2.05) is 0 Å². The van der Waals surface area contributed by atoms with Gasteiger partial charge in [-0.05, 0) is 31.4 Å². The van der Waals surface area contributed by atoms with Crippen molar-refractivity contribution < 1.29 is 13.2 Å². The molecule has 0 aliphatic carbocycles. The number of aryl methyl sites for hydroxylation is 1. The van der Waals surface area contributed by atoms with Crippen LogP contribution in [0, 0.1) is 0 Å². The second-order valence-electron chi connectivity index (χ2n) is 4.75. The Balaban J connectivity index is 1.92. The Morgan fingerprint density at radius 3 is 2.77 bits per heavy atom. The van der Waals surface area contributed by atoms with E-state index in [4.69, 9.17) is 0 Å². The zero-order chi connectivity index (χ0) is 16.0. The standard InChI is InChI=1S/C15H15F3N4/c1-11(21-22-14-10-19-7-8-20-14)5-6-12-3-2-4-13(9-12)15(16,17)18/h2-4,7-10H,5-6H2,1H3,(H,20,22). The number of nitrogens with zero attached hydrogens (tertiary/aromatic N) is 3. The Bertz CT molecular complexity index is 639. The normalized spacial score (nSPS) is 12.3. The number of hydrogen-bond donors (Lipinski definition) is 1. The van der Waals surface area contributed by atoms with Gasteiger partial charge in [0, 0.05) is 18.1 Å². The molecular weight excluding hydrogens is 293 g/mol. The van der Waals surface area contributed by atoms with E-state index in [0.717, 1.165) is 11.8 Å². The molecular formula is C15H15F3N4. The lowest BCUT2D eigenvalue weighted by atomic mass is 10.0. The van der Waals surface area contributed by atoms with Crippen LogP contribution in [0.25, 0.3) is 0 Å². The maximum atomic E-state index is 12.6. The number of nitrogens with one attached hydrogen (secondary N) is 1. The maximum Gasteiger partial charge on any atom is 0.416 e. The van der Waals surface area contributed by atoms with Crippen LogP contribution in [0.5, 0.6) is 0 Å². The number of aromatic nitrogens is 2. The van der Waals surface area contributed by atoms with Gasteiger partial charge in [0.05, 0.1) is 11.8 Å². The molecule has 4 nitrogen and oxygen atoms in total. The van der Waals surface area contributed by atoms with Gasteiger partial charge in [-0.25, -0.2) is 4.98 Å². The summed E-state index contributed by atoms with van der Waals surface area (Å²) in [6, 6.07) is 5.34. The van der Waals surface area contributed by atoms with Crippen molar-refractivity contribution in [2.75, 3.05) is 5.43 Å². The lowest BCUT2D eigenvalue weighted by Gasteiger charge is -2.08. The van der Waals surface area contributed by atoms with E-state index in [1.165, 1.54) is 24.5 Å². The first-order chi connectivity index (χ1) is 10.4. The van der Waals surface area contributed by atoms with E-state index in [0.29, 0.717) is 24.2 Å². The molecule has 1 aromatic carbocycles. The molecule has 0 amide bonds. The third-order valence-electron chi connectivity index (χ3n) is 2.95. The smallest absolute Gasteiger partial charge is 0.260 e. The average molecular weight is 308 g/mol.